The second-order valence-electron chi connectivity index (χ2n) is 5.04. The summed E-state index contributed by atoms with van der Waals surface area (Å²) in [4.78, 5) is 2.52. The van der Waals surface area contributed by atoms with E-state index >= 15 is 0 Å². The molecule has 0 amide bonds. The van der Waals surface area contributed by atoms with E-state index in [9.17, 15) is 0 Å². The normalized spacial score (nSPS) is 17.4. The minimum absolute atomic E-state index is 0.779. The molecule has 2 rings (SSSR count). The van der Waals surface area contributed by atoms with Crippen LogP contribution < -0.4 is 4.74 Å². The van der Waals surface area contributed by atoms with Gasteiger partial charge in [-0.1, -0.05) is 18.9 Å². The molecule has 3 heteroatoms. The van der Waals surface area contributed by atoms with Crippen molar-refractivity contribution in [3.05, 3.63) is 28.2 Å². The Kier molecular flexibility index (Phi) is 5.51. The quantitative estimate of drug-likeness (QED) is 0.833. The third-order valence-electron chi connectivity index (χ3n) is 3.45. The Morgan fingerprint density at radius 1 is 1.17 bits per heavy atom. The minimum atomic E-state index is 0.779. The zero-order valence-corrected chi connectivity index (χ0v) is 12.7. The van der Waals surface area contributed by atoms with E-state index < -0.39 is 0 Å². The molecule has 0 radical (unpaired) electrons. The summed E-state index contributed by atoms with van der Waals surface area (Å²) in [5.74, 6) is 0.954. The third kappa shape index (κ3) is 4.29. The highest BCUT2D eigenvalue weighted by atomic mass is 79.9. The molecule has 0 bridgehead atoms. The van der Waals surface area contributed by atoms with Crippen LogP contribution in [0.4, 0.5) is 0 Å². The molecule has 18 heavy (non-hydrogen) atoms. The van der Waals surface area contributed by atoms with Gasteiger partial charge in [-0.25, -0.2) is 0 Å². The summed E-state index contributed by atoms with van der Waals surface area (Å²) in [7, 11) is 0. The lowest BCUT2D eigenvalue weighted by Crippen LogP contribution is -2.29. The van der Waals surface area contributed by atoms with E-state index in [1.54, 1.807) is 0 Å². The fourth-order valence-electron chi connectivity index (χ4n) is 2.37. The molecule has 0 spiro atoms. The van der Waals surface area contributed by atoms with Crippen LogP contribution in [-0.4, -0.2) is 31.1 Å². The van der Waals surface area contributed by atoms with Gasteiger partial charge in [0.1, 0.15) is 12.4 Å². The molecule has 100 valence electrons. The first-order valence-electron chi connectivity index (χ1n) is 6.87. The number of likely N-dealkylation sites (tertiary alicyclic amines) is 1. The van der Waals surface area contributed by atoms with Gasteiger partial charge < -0.3 is 4.74 Å². The van der Waals surface area contributed by atoms with Gasteiger partial charge in [-0.2, -0.15) is 0 Å². The molecule has 0 atom stereocenters. The Bertz CT molecular complexity index is 373. The molecule has 2 nitrogen and oxygen atoms in total. The average molecular weight is 312 g/mol. The Morgan fingerprint density at radius 2 is 1.89 bits per heavy atom. The van der Waals surface area contributed by atoms with Crippen molar-refractivity contribution in [2.45, 2.75) is 32.6 Å². The molecule has 0 saturated carbocycles. The monoisotopic (exact) mass is 311 g/mol. The molecule has 0 aliphatic carbocycles. The highest BCUT2D eigenvalue weighted by Gasteiger charge is 2.09. The van der Waals surface area contributed by atoms with Crippen LogP contribution in [-0.2, 0) is 0 Å². The van der Waals surface area contributed by atoms with Crippen molar-refractivity contribution in [3.63, 3.8) is 0 Å². The number of benzene rings is 1. The molecule has 1 aromatic rings. The van der Waals surface area contributed by atoms with Crippen LogP contribution in [0, 0.1) is 6.92 Å². The highest BCUT2D eigenvalue weighted by molar-refractivity contribution is 9.10. The van der Waals surface area contributed by atoms with Gasteiger partial charge in [-0.3, -0.25) is 4.90 Å². The van der Waals surface area contributed by atoms with Crippen molar-refractivity contribution in [3.8, 4) is 5.75 Å². The van der Waals surface area contributed by atoms with Crippen LogP contribution in [0.3, 0.4) is 0 Å². The smallest absolute Gasteiger partial charge is 0.133 e. The van der Waals surface area contributed by atoms with Gasteiger partial charge in [0.25, 0.3) is 0 Å². The van der Waals surface area contributed by atoms with Crippen LogP contribution in [0.1, 0.15) is 31.2 Å². The molecule has 1 heterocycles. The van der Waals surface area contributed by atoms with E-state index in [4.69, 9.17) is 4.74 Å². The summed E-state index contributed by atoms with van der Waals surface area (Å²) in [6, 6.07) is 6.23. The van der Waals surface area contributed by atoms with Crippen molar-refractivity contribution in [1.82, 2.24) is 4.90 Å². The highest BCUT2D eigenvalue weighted by Crippen LogP contribution is 2.25. The first kappa shape index (κ1) is 13.9. The fraction of sp³-hybridized carbons (Fsp3) is 0.600. The fourth-order valence-corrected chi connectivity index (χ4v) is 2.98. The van der Waals surface area contributed by atoms with Gasteiger partial charge in [0.05, 0.1) is 4.47 Å². The van der Waals surface area contributed by atoms with Gasteiger partial charge in [-0.05, 0) is 66.5 Å². The average Bonchev–Trinajstić information content (AvgIpc) is 2.60. The SMILES string of the molecule is Cc1ccc(OCCN2CCCCCC2)c(Br)c1. The molecule has 1 aliphatic rings. The summed E-state index contributed by atoms with van der Waals surface area (Å²) in [6.07, 6.45) is 5.46. The number of hydrogen-bond acceptors (Lipinski definition) is 2. The molecular formula is C15H22BrNO. The Balaban J connectivity index is 1.77. The Hall–Kier alpha value is -0.540. The van der Waals surface area contributed by atoms with Gasteiger partial charge in [0.2, 0.25) is 0 Å². The maximum Gasteiger partial charge on any atom is 0.133 e. The second kappa shape index (κ2) is 7.15. The Labute approximate surface area is 118 Å². The standard InChI is InChI=1S/C15H22BrNO/c1-13-6-7-15(14(16)12-13)18-11-10-17-8-4-2-3-5-9-17/h6-7,12H,2-5,8-11H2,1H3. The predicted octanol–water partition coefficient (Wildman–Crippen LogP) is 4.01. The van der Waals surface area contributed by atoms with Gasteiger partial charge >= 0.3 is 0 Å². The van der Waals surface area contributed by atoms with Crippen molar-refractivity contribution >= 4 is 15.9 Å². The number of nitrogens with zero attached hydrogens (tertiary/aromatic N) is 1. The zero-order valence-electron chi connectivity index (χ0n) is 11.1. The first-order chi connectivity index (χ1) is 8.75. The molecule has 1 aromatic carbocycles. The van der Waals surface area contributed by atoms with E-state index in [1.807, 2.05) is 6.07 Å². The molecule has 1 aliphatic heterocycles. The lowest BCUT2D eigenvalue weighted by atomic mass is 10.2. The first-order valence-corrected chi connectivity index (χ1v) is 7.66. The number of ether oxygens (including phenoxy) is 1. The molecule has 0 unspecified atom stereocenters. The number of rotatable bonds is 4. The van der Waals surface area contributed by atoms with Crippen molar-refractivity contribution in [2.24, 2.45) is 0 Å². The number of aryl methyl sites for hydroxylation is 1. The van der Waals surface area contributed by atoms with Gasteiger partial charge in [0.15, 0.2) is 0 Å². The van der Waals surface area contributed by atoms with E-state index in [0.717, 1.165) is 23.4 Å². The van der Waals surface area contributed by atoms with Gasteiger partial charge in [0, 0.05) is 6.54 Å². The van der Waals surface area contributed by atoms with Crippen LogP contribution in [0.15, 0.2) is 22.7 Å². The summed E-state index contributed by atoms with van der Waals surface area (Å²) >= 11 is 3.55. The minimum Gasteiger partial charge on any atom is -0.491 e. The summed E-state index contributed by atoms with van der Waals surface area (Å²) in [5, 5.41) is 0. The topological polar surface area (TPSA) is 12.5 Å². The largest absolute Gasteiger partial charge is 0.491 e. The molecule has 1 saturated heterocycles. The van der Waals surface area contributed by atoms with Crippen molar-refractivity contribution < 1.29 is 4.74 Å². The van der Waals surface area contributed by atoms with E-state index in [2.05, 4.69) is 39.9 Å². The van der Waals surface area contributed by atoms with Crippen molar-refractivity contribution in [1.29, 1.82) is 0 Å². The van der Waals surface area contributed by atoms with Gasteiger partial charge in [-0.15, -0.1) is 0 Å². The van der Waals surface area contributed by atoms with E-state index in [0.29, 0.717) is 0 Å². The molecule has 0 N–H and O–H groups in total. The zero-order chi connectivity index (χ0) is 12.8. The molecule has 0 aromatic heterocycles. The Morgan fingerprint density at radius 3 is 2.56 bits per heavy atom. The maximum atomic E-state index is 5.85. The summed E-state index contributed by atoms with van der Waals surface area (Å²) < 4.78 is 6.90. The third-order valence-corrected chi connectivity index (χ3v) is 4.07. The van der Waals surface area contributed by atoms with Crippen molar-refractivity contribution in [2.75, 3.05) is 26.2 Å². The lowest BCUT2D eigenvalue weighted by molar-refractivity contribution is 0.213. The maximum absolute atomic E-state index is 5.85. The van der Waals surface area contributed by atoms with Crippen LogP contribution in [0.2, 0.25) is 0 Å². The molecular weight excluding hydrogens is 290 g/mol. The summed E-state index contributed by atoms with van der Waals surface area (Å²) in [6.45, 7) is 6.38. The van der Waals surface area contributed by atoms with E-state index in [1.165, 1.54) is 44.3 Å². The second-order valence-corrected chi connectivity index (χ2v) is 5.89. The number of hydrogen-bond donors (Lipinski definition) is 0. The molecule has 1 fully saturated rings. The number of halogens is 1. The van der Waals surface area contributed by atoms with Crippen LogP contribution in [0.5, 0.6) is 5.75 Å². The summed E-state index contributed by atoms with van der Waals surface area (Å²) in [5.41, 5.74) is 1.25. The van der Waals surface area contributed by atoms with E-state index in [-0.39, 0.29) is 0 Å². The lowest BCUT2D eigenvalue weighted by Gasteiger charge is -2.20. The van der Waals surface area contributed by atoms with Crippen LogP contribution in [0.25, 0.3) is 0 Å². The predicted molar refractivity (Wildman–Crippen MR) is 79.3 cm³/mol. The van der Waals surface area contributed by atoms with Crippen LogP contribution >= 0.6 is 15.9 Å².